The van der Waals surface area contributed by atoms with Crippen LogP contribution in [0.25, 0.3) is 0 Å². The Morgan fingerprint density at radius 2 is 1.92 bits per heavy atom. The first kappa shape index (κ1) is 7.34. The monoisotopic (exact) mass is 166 g/mol. The molecule has 1 aliphatic heterocycles. The predicted molar refractivity (Wildman–Crippen MR) is 48.9 cm³/mol. The van der Waals surface area contributed by atoms with Gasteiger partial charge >= 0.3 is 0 Å². The van der Waals surface area contributed by atoms with Crippen LogP contribution in [0.2, 0.25) is 0 Å². The van der Waals surface area contributed by atoms with E-state index in [0.29, 0.717) is 0 Å². The molecule has 3 rings (SSSR count). The Labute approximate surface area is 74.1 Å². The molecule has 2 nitrogen and oxygen atoms in total. The third-order valence-corrected chi connectivity index (χ3v) is 3.77. The lowest BCUT2D eigenvalue weighted by Crippen LogP contribution is -2.56. The van der Waals surface area contributed by atoms with Crippen LogP contribution in [0, 0.1) is 5.92 Å². The third kappa shape index (κ3) is 1.01. The van der Waals surface area contributed by atoms with E-state index >= 15 is 0 Å². The molecule has 2 aliphatic carbocycles. The van der Waals surface area contributed by atoms with Crippen LogP contribution < -0.4 is 5.73 Å². The maximum atomic E-state index is 6.30. The van der Waals surface area contributed by atoms with Crippen molar-refractivity contribution in [2.75, 3.05) is 13.1 Å². The summed E-state index contributed by atoms with van der Waals surface area (Å²) in [5.41, 5.74) is 6.55. The standard InChI is InChI=1S/C10H18N2/c11-10(4-5-10)9(8-2-3-8)12-6-1-7-12/h8-9H,1-7,11H2. The SMILES string of the molecule is NC1(C(C2CC2)N2CCC2)CC1. The van der Waals surface area contributed by atoms with Crippen LogP contribution in [0.3, 0.4) is 0 Å². The fourth-order valence-corrected chi connectivity index (χ4v) is 2.60. The van der Waals surface area contributed by atoms with Crippen LogP contribution in [-0.4, -0.2) is 29.6 Å². The minimum absolute atomic E-state index is 0.252. The molecular weight excluding hydrogens is 148 g/mol. The largest absolute Gasteiger partial charge is 0.324 e. The van der Waals surface area contributed by atoms with Crippen molar-refractivity contribution in [3.05, 3.63) is 0 Å². The van der Waals surface area contributed by atoms with Gasteiger partial charge in [-0.15, -0.1) is 0 Å². The van der Waals surface area contributed by atoms with E-state index in [-0.39, 0.29) is 5.54 Å². The summed E-state index contributed by atoms with van der Waals surface area (Å²) in [5.74, 6) is 0.970. The summed E-state index contributed by atoms with van der Waals surface area (Å²) in [4.78, 5) is 2.63. The first-order valence-corrected chi connectivity index (χ1v) is 5.32. The third-order valence-electron chi connectivity index (χ3n) is 3.77. The summed E-state index contributed by atoms with van der Waals surface area (Å²) >= 11 is 0. The van der Waals surface area contributed by atoms with Crippen LogP contribution in [0.1, 0.15) is 32.1 Å². The lowest BCUT2D eigenvalue weighted by Gasteiger charge is -2.42. The first-order valence-electron chi connectivity index (χ1n) is 5.32. The van der Waals surface area contributed by atoms with Gasteiger partial charge in [0.15, 0.2) is 0 Å². The van der Waals surface area contributed by atoms with Gasteiger partial charge < -0.3 is 5.73 Å². The van der Waals surface area contributed by atoms with E-state index in [2.05, 4.69) is 4.90 Å². The zero-order chi connectivity index (χ0) is 8.18. The summed E-state index contributed by atoms with van der Waals surface area (Å²) < 4.78 is 0. The van der Waals surface area contributed by atoms with Crippen LogP contribution in [0.4, 0.5) is 0 Å². The summed E-state index contributed by atoms with van der Waals surface area (Å²) in [7, 11) is 0. The second-order valence-corrected chi connectivity index (χ2v) is 4.90. The second kappa shape index (κ2) is 2.24. The molecule has 0 aromatic carbocycles. The van der Waals surface area contributed by atoms with Crippen molar-refractivity contribution < 1.29 is 0 Å². The fourth-order valence-electron chi connectivity index (χ4n) is 2.60. The number of rotatable bonds is 3. The van der Waals surface area contributed by atoms with Crippen LogP contribution in [-0.2, 0) is 0 Å². The van der Waals surface area contributed by atoms with Gasteiger partial charge in [-0.25, -0.2) is 0 Å². The molecule has 1 atom stereocenters. The highest BCUT2D eigenvalue weighted by Crippen LogP contribution is 2.49. The Morgan fingerprint density at radius 3 is 2.25 bits per heavy atom. The van der Waals surface area contributed by atoms with Gasteiger partial charge in [-0.1, -0.05) is 0 Å². The summed E-state index contributed by atoms with van der Waals surface area (Å²) in [6, 6.07) is 0.770. The maximum Gasteiger partial charge on any atom is 0.0316 e. The molecule has 1 unspecified atom stereocenters. The van der Waals surface area contributed by atoms with Gasteiger partial charge in [-0.2, -0.15) is 0 Å². The minimum atomic E-state index is 0.252. The lowest BCUT2D eigenvalue weighted by molar-refractivity contribution is 0.0788. The molecule has 1 saturated heterocycles. The number of hydrogen-bond acceptors (Lipinski definition) is 2. The lowest BCUT2D eigenvalue weighted by atomic mass is 9.96. The summed E-state index contributed by atoms with van der Waals surface area (Å²) in [6.45, 7) is 2.64. The van der Waals surface area contributed by atoms with Gasteiger partial charge in [0.05, 0.1) is 0 Å². The summed E-state index contributed by atoms with van der Waals surface area (Å²) in [6.07, 6.45) is 6.86. The van der Waals surface area contributed by atoms with E-state index < -0.39 is 0 Å². The highest BCUT2D eigenvalue weighted by atomic mass is 15.2. The Morgan fingerprint density at radius 1 is 1.25 bits per heavy atom. The smallest absolute Gasteiger partial charge is 0.0316 e. The van der Waals surface area contributed by atoms with E-state index in [0.717, 1.165) is 12.0 Å². The molecule has 1 heterocycles. The molecule has 0 radical (unpaired) electrons. The van der Waals surface area contributed by atoms with Gasteiger partial charge in [0, 0.05) is 11.6 Å². The first-order chi connectivity index (χ1) is 5.80. The van der Waals surface area contributed by atoms with Gasteiger partial charge in [0.2, 0.25) is 0 Å². The number of hydrogen-bond donors (Lipinski definition) is 1. The van der Waals surface area contributed by atoms with Gasteiger partial charge in [0.1, 0.15) is 0 Å². The minimum Gasteiger partial charge on any atom is -0.324 e. The van der Waals surface area contributed by atoms with Gasteiger partial charge in [0.25, 0.3) is 0 Å². The molecule has 0 bridgehead atoms. The molecule has 2 N–H and O–H groups in total. The predicted octanol–water partition coefficient (Wildman–Crippen LogP) is 0.962. The Bertz CT molecular complexity index is 190. The van der Waals surface area contributed by atoms with Crippen molar-refractivity contribution in [2.24, 2.45) is 11.7 Å². The van der Waals surface area contributed by atoms with Crippen molar-refractivity contribution in [3.8, 4) is 0 Å². The average Bonchev–Trinajstić information content (AvgIpc) is 2.74. The average molecular weight is 166 g/mol. The van der Waals surface area contributed by atoms with E-state index in [1.165, 1.54) is 45.2 Å². The summed E-state index contributed by atoms with van der Waals surface area (Å²) in [5, 5.41) is 0. The maximum absolute atomic E-state index is 6.30. The van der Waals surface area contributed by atoms with Gasteiger partial charge in [-0.05, 0) is 51.1 Å². The number of nitrogens with zero attached hydrogens (tertiary/aromatic N) is 1. The second-order valence-electron chi connectivity index (χ2n) is 4.90. The van der Waals surface area contributed by atoms with E-state index in [1.807, 2.05) is 0 Å². The molecule has 0 aromatic heterocycles. The van der Waals surface area contributed by atoms with Gasteiger partial charge in [-0.3, -0.25) is 4.90 Å². The van der Waals surface area contributed by atoms with E-state index in [4.69, 9.17) is 5.73 Å². The molecular formula is C10H18N2. The van der Waals surface area contributed by atoms with Crippen molar-refractivity contribution in [3.63, 3.8) is 0 Å². The van der Waals surface area contributed by atoms with Crippen LogP contribution in [0.5, 0.6) is 0 Å². The number of likely N-dealkylation sites (tertiary alicyclic amines) is 1. The Kier molecular flexibility index (Phi) is 1.37. The Hall–Kier alpha value is -0.0800. The van der Waals surface area contributed by atoms with Crippen LogP contribution in [0.15, 0.2) is 0 Å². The molecule has 2 saturated carbocycles. The van der Waals surface area contributed by atoms with Crippen molar-refractivity contribution in [2.45, 2.75) is 43.7 Å². The topological polar surface area (TPSA) is 29.3 Å². The molecule has 0 amide bonds. The molecule has 3 aliphatic rings. The zero-order valence-electron chi connectivity index (χ0n) is 7.63. The van der Waals surface area contributed by atoms with Crippen molar-refractivity contribution in [1.29, 1.82) is 0 Å². The highest BCUT2D eigenvalue weighted by molar-refractivity contribution is 5.13. The van der Waals surface area contributed by atoms with Crippen molar-refractivity contribution >= 4 is 0 Å². The molecule has 0 aromatic rings. The highest BCUT2D eigenvalue weighted by Gasteiger charge is 2.54. The Balaban J connectivity index is 1.73. The molecule has 2 heteroatoms. The normalized spacial score (nSPS) is 35.8. The zero-order valence-corrected chi connectivity index (χ0v) is 7.63. The molecule has 0 spiro atoms. The fraction of sp³-hybridized carbons (Fsp3) is 1.00. The number of nitrogens with two attached hydrogens (primary N) is 1. The van der Waals surface area contributed by atoms with E-state index in [9.17, 15) is 0 Å². The van der Waals surface area contributed by atoms with Crippen LogP contribution >= 0.6 is 0 Å². The molecule has 68 valence electrons. The molecule has 12 heavy (non-hydrogen) atoms. The van der Waals surface area contributed by atoms with E-state index in [1.54, 1.807) is 0 Å². The quantitative estimate of drug-likeness (QED) is 0.676. The van der Waals surface area contributed by atoms with Crippen molar-refractivity contribution in [1.82, 2.24) is 4.90 Å². The molecule has 3 fully saturated rings.